The van der Waals surface area contributed by atoms with Crippen LogP contribution >= 0.6 is 11.3 Å². The van der Waals surface area contributed by atoms with E-state index in [0.717, 1.165) is 17.7 Å². The van der Waals surface area contributed by atoms with Crippen molar-refractivity contribution < 1.29 is 19.4 Å². The first-order valence-corrected chi connectivity index (χ1v) is 7.07. The van der Waals surface area contributed by atoms with Crippen molar-refractivity contribution in [2.24, 2.45) is 0 Å². The van der Waals surface area contributed by atoms with Crippen LogP contribution in [0, 0.1) is 0 Å². The number of carboxylic acid groups (broad SMARTS) is 1. The Kier molecular flexibility index (Phi) is 5.82. The number of amides is 1. The summed E-state index contributed by atoms with van der Waals surface area (Å²) in [6.07, 6.45) is 1.58. The van der Waals surface area contributed by atoms with E-state index in [4.69, 9.17) is 9.84 Å². The van der Waals surface area contributed by atoms with Crippen LogP contribution in [-0.2, 0) is 11.2 Å². The van der Waals surface area contributed by atoms with Gasteiger partial charge in [0.05, 0.1) is 0 Å². The van der Waals surface area contributed by atoms with Gasteiger partial charge in [-0.3, -0.25) is 4.79 Å². The lowest BCUT2D eigenvalue weighted by atomic mass is 10.2. The molecule has 0 radical (unpaired) electrons. The first-order chi connectivity index (χ1) is 8.97. The number of ether oxygens (including phenoxy) is 1. The van der Waals surface area contributed by atoms with Gasteiger partial charge >= 0.3 is 5.97 Å². The maximum atomic E-state index is 11.6. The van der Waals surface area contributed by atoms with Crippen molar-refractivity contribution >= 4 is 23.2 Å². The van der Waals surface area contributed by atoms with Crippen molar-refractivity contribution in [1.82, 2.24) is 5.32 Å². The number of aromatic carboxylic acids is 1. The van der Waals surface area contributed by atoms with Crippen molar-refractivity contribution in [2.75, 3.05) is 6.61 Å². The zero-order valence-corrected chi connectivity index (χ0v) is 12.2. The van der Waals surface area contributed by atoms with Gasteiger partial charge in [-0.05, 0) is 25.8 Å². The third-order valence-electron chi connectivity index (χ3n) is 2.67. The molecule has 1 rings (SSSR count). The number of carbonyl (C=O) groups is 2. The van der Waals surface area contributed by atoms with Gasteiger partial charge in [0.15, 0.2) is 11.5 Å². The monoisotopic (exact) mass is 285 g/mol. The van der Waals surface area contributed by atoms with Gasteiger partial charge in [0.1, 0.15) is 5.75 Å². The fourth-order valence-corrected chi connectivity index (χ4v) is 2.29. The Labute approximate surface area is 116 Å². The fraction of sp³-hybridized carbons (Fsp3) is 0.538. The molecule has 5 nitrogen and oxygen atoms in total. The highest BCUT2D eigenvalue weighted by Gasteiger charge is 2.17. The molecule has 1 amide bonds. The van der Waals surface area contributed by atoms with E-state index in [1.54, 1.807) is 6.07 Å². The first-order valence-electron chi connectivity index (χ1n) is 6.26. The van der Waals surface area contributed by atoms with Crippen LogP contribution in [0.5, 0.6) is 5.75 Å². The third-order valence-corrected chi connectivity index (χ3v) is 3.92. The molecule has 19 heavy (non-hydrogen) atoms. The van der Waals surface area contributed by atoms with Gasteiger partial charge in [0.25, 0.3) is 5.91 Å². The second-order valence-electron chi connectivity index (χ2n) is 4.23. The molecule has 0 aliphatic heterocycles. The number of carbonyl (C=O) groups excluding carboxylic acids is 1. The minimum Gasteiger partial charge on any atom is -0.482 e. The average molecular weight is 285 g/mol. The molecule has 0 fully saturated rings. The van der Waals surface area contributed by atoms with Gasteiger partial charge in [-0.2, -0.15) is 0 Å². The van der Waals surface area contributed by atoms with Crippen molar-refractivity contribution in [3.63, 3.8) is 0 Å². The Morgan fingerprint density at radius 2 is 2.16 bits per heavy atom. The van der Waals surface area contributed by atoms with Gasteiger partial charge in [0, 0.05) is 10.9 Å². The Morgan fingerprint density at radius 1 is 1.47 bits per heavy atom. The summed E-state index contributed by atoms with van der Waals surface area (Å²) in [7, 11) is 0. The molecule has 1 heterocycles. The number of hydrogen-bond donors (Lipinski definition) is 2. The highest BCUT2D eigenvalue weighted by atomic mass is 32.1. The zero-order valence-electron chi connectivity index (χ0n) is 11.4. The fourth-order valence-electron chi connectivity index (χ4n) is 1.41. The van der Waals surface area contributed by atoms with Crippen LogP contribution in [0.15, 0.2) is 6.07 Å². The summed E-state index contributed by atoms with van der Waals surface area (Å²) in [6.45, 7) is 5.66. The summed E-state index contributed by atoms with van der Waals surface area (Å²) in [4.78, 5) is 23.7. The van der Waals surface area contributed by atoms with Crippen molar-refractivity contribution in [3.8, 4) is 5.75 Å². The van der Waals surface area contributed by atoms with Crippen LogP contribution in [-0.4, -0.2) is 29.6 Å². The number of thiophene rings is 1. The molecule has 0 saturated heterocycles. The van der Waals surface area contributed by atoms with Crippen LogP contribution in [0.1, 0.15) is 41.7 Å². The van der Waals surface area contributed by atoms with Gasteiger partial charge in [-0.1, -0.05) is 13.8 Å². The second kappa shape index (κ2) is 7.13. The molecule has 0 aliphatic carbocycles. The van der Waals surface area contributed by atoms with E-state index in [-0.39, 0.29) is 29.2 Å². The van der Waals surface area contributed by atoms with Crippen LogP contribution in [0.3, 0.4) is 0 Å². The Morgan fingerprint density at radius 3 is 2.68 bits per heavy atom. The van der Waals surface area contributed by atoms with Crippen molar-refractivity contribution in [2.45, 2.75) is 39.7 Å². The summed E-state index contributed by atoms with van der Waals surface area (Å²) in [5, 5.41) is 11.8. The van der Waals surface area contributed by atoms with Gasteiger partial charge in [0.2, 0.25) is 0 Å². The first kappa shape index (κ1) is 15.5. The molecule has 1 aromatic heterocycles. The number of hydrogen-bond acceptors (Lipinski definition) is 4. The maximum Gasteiger partial charge on any atom is 0.349 e. The Hall–Kier alpha value is -1.56. The lowest BCUT2D eigenvalue weighted by Gasteiger charge is -2.11. The summed E-state index contributed by atoms with van der Waals surface area (Å²) < 4.78 is 5.31. The SMILES string of the molecule is CCc1cc(OCC(=O)NC(C)CC)c(C(=O)O)s1. The van der Waals surface area contributed by atoms with Crippen molar-refractivity contribution in [1.29, 1.82) is 0 Å². The number of nitrogens with one attached hydrogen (secondary N) is 1. The standard InChI is InChI=1S/C13H19NO4S/c1-4-8(3)14-11(15)7-18-10-6-9(5-2)19-12(10)13(16)17/h6,8H,4-5,7H2,1-3H3,(H,14,15)(H,16,17). The van der Waals surface area contributed by atoms with E-state index in [1.165, 1.54) is 11.3 Å². The molecule has 0 bridgehead atoms. The van der Waals surface area contributed by atoms with E-state index in [0.29, 0.717) is 0 Å². The third kappa shape index (κ3) is 4.55. The number of carboxylic acids is 1. The summed E-state index contributed by atoms with van der Waals surface area (Å²) in [6, 6.07) is 1.77. The molecule has 6 heteroatoms. The number of rotatable bonds is 7. The topological polar surface area (TPSA) is 75.6 Å². The van der Waals surface area contributed by atoms with Gasteiger partial charge < -0.3 is 15.2 Å². The Balaban J connectivity index is 2.64. The molecule has 0 saturated carbocycles. The minimum absolute atomic E-state index is 0.0868. The highest BCUT2D eigenvalue weighted by Crippen LogP contribution is 2.29. The maximum absolute atomic E-state index is 11.6. The summed E-state index contributed by atoms with van der Waals surface area (Å²) in [5.74, 6) is -0.995. The molecule has 0 spiro atoms. The number of aryl methyl sites for hydroxylation is 1. The molecular weight excluding hydrogens is 266 g/mol. The molecule has 1 unspecified atom stereocenters. The van der Waals surface area contributed by atoms with Crippen LogP contribution in [0.4, 0.5) is 0 Å². The zero-order chi connectivity index (χ0) is 14.4. The molecule has 0 aliphatic rings. The van der Waals surface area contributed by atoms with Crippen LogP contribution in [0.25, 0.3) is 0 Å². The van der Waals surface area contributed by atoms with E-state index < -0.39 is 5.97 Å². The molecule has 1 atom stereocenters. The largest absolute Gasteiger partial charge is 0.482 e. The summed E-state index contributed by atoms with van der Waals surface area (Å²) in [5.41, 5.74) is 0. The van der Waals surface area contributed by atoms with Crippen LogP contribution < -0.4 is 10.1 Å². The van der Waals surface area contributed by atoms with Gasteiger partial charge in [-0.25, -0.2) is 4.79 Å². The van der Waals surface area contributed by atoms with Crippen molar-refractivity contribution in [3.05, 3.63) is 15.8 Å². The van der Waals surface area contributed by atoms with Crippen LogP contribution in [0.2, 0.25) is 0 Å². The Bertz CT molecular complexity index is 455. The quantitative estimate of drug-likeness (QED) is 0.806. The summed E-state index contributed by atoms with van der Waals surface area (Å²) >= 11 is 1.18. The van der Waals surface area contributed by atoms with E-state index in [9.17, 15) is 9.59 Å². The van der Waals surface area contributed by atoms with E-state index in [2.05, 4.69) is 5.32 Å². The minimum atomic E-state index is -1.03. The molecule has 106 valence electrons. The molecule has 1 aromatic rings. The van der Waals surface area contributed by atoms with E-state index >= 15 is 0 Å². The molecule has 2 N–H and O–H groups in total. The normalized spacial score (nSPS) is 11.9. The predicted molar refractivity (Wildman–Crippen MR) is 74.0 cm³/mol. The highest BCUT2D eigenvalue weighted by molar-refractivity contribution is 7.14. The molecule has 0 aromatic carbocycles. The predicted octanol–water partition coefficient (Wildman–Crippen LogP) is 2.30. The second-order valence-corrected chi connectivity index (χ2v) is 5.37. The average Bonchev–Trinajstić information content (AvgIpc) is 2.79. The smallest absolute Gasteiger partial charge is 0.349 e. The molecular formula is C13H19NO4S. The lowest BCUT2D eigenvalue weighted by Crippen LogP contribution is -2.35. The van der Waals surface area contributed by atoms with E-state index in [1.807, 2.05) is 20.8 Å². The lowest BCUT2D eigenvalue weighted by molar-refractivity contribution is -0.123. The van der Waals surface area contributed by atoms with Gasteiger partial charge in [-0.15, -0.1) is 11.3 Å².